The molecule has 2 aromatic rings. The predicted molar refractivity (Wildman–Crippen MR) is 69.9 cm³/mol. The fraction of sp³-hybridized carbons (Fsp3) is 0.167. The Kier molecular flexibility index (Phi) is 3.47. The van der Waals surface area contributed by atoms with Crippen LogP contribution in [0.3, 0.4) is 0 Å². The van der Waals surface area contributed by atoms with Crippen molar-refractivity contribution in [2.75, 3.05) is 11.1 Å². The fourth-order valence-corrected chi connectivity index (χ4v) is 1.52. The Morgan fingerprint density at radius 2 is 2.28 bits per heavy atom. The van der Waals surface area contributed by atoms with Gasteiger partial charge in [0.15, 0.2) is 0 Å². The van der Waals surface area contributed by atoms with Gasteiger partial charge in [0.2, 0.25) is 0 Å². The molecule has 0 aliphatic heterocycles. The van der Waals surface area contributed by atoms with Crippen molar-refractivity contribution in [1.29, 1.82) is 0 Å². The van der Waals surface area contributed by atoms with E-state index in [1.54, 1.807) is 28.9 Å². The van der Waals surface area contributed by atoms with Crippen molar-refractivity contribution in [1.82, 2.24) is 15.1 Å². The summed E-state index contributed by atoms with van der Waals surface area (Å²) in [6.07, 6.45) is 1.83. The van der Waals surface area contributed by atoms with Gasteiger partial charge in [-0.05, 0) is 24.3 Å². The second-order valence-electron chi connectivity index (χ2n) is 3.91. The summed E-state index contributed by atoms with van der Waals surface area (Å²) in [6.45, 7) is 0.384. The van der Waals surface area contributed by atoms with E-state index in [9.17, 15) is 4.79 Å². The summed E-state index contributed by atoms with van der Waals surface area (Å²) in [6, 6.07) is 8.57. The molecule has 2 amide bonds. The topological polar surface area (TPSA) is 85.0 Å². The molecule has 18 heavy (non-hydrogen) atoms. The van der Waals surface area contributed by atoms with Crippen LogP contribution in [0.2, 0.25) is 0 Å². The molecule has 0 spiro atoms. The van der Waals surface area contributed by atoms with Gasteiger partial charge >= 0.3 is 6.03 Å². The average Bonchev–Trinajstić information content (AvgIpc) is 2.73. The first-order valence-corrected chi connectivity index (χ1v) is 5.52. The summed E-state index contributed by atoms with van der Waals surface area (Å²) in [4.78, 5) is 11.6. The molecule has 94 valence electrons. The number of amides is 2. The van der Waals surface area contributed by atoms with Gasteiger partial charge in [-0.2, -0.15) is 5.10 Å². The maximum Gasteiger partial charge on any atom is 0.319 e. The molecule has 2 rings (SSSR count). The number of nitrogens with two attached hydrogens (primary N) is 1. The number of rotatable bonds is 3. The Balaban J connectivity index is 1.85. The number of carbonyl (C=O) groups is 1. The van der Waals surface area contributed by atoms with Crippen LogP contribution in [0.15, 0.2) is 36.5 Å². The molecule has 6 nitrogen and oxygen atoms in total. The summed E-state index contributed by atoms with van der Waals surface area (Å²) in [7, 11) is 1.83. The van der Waals surface area contributed by atoms with Crippen molar-refractivity contribution in [3.63, 3.8) is 0 Å². The highest BCUT2D eigenvalue weighted by molar-refractivity contribution is 5.89. The van der Waals surface area contributed by atoms with Crippen molar-refractivity contribution in [2.45, 2.75) is 6.54 Å². The minimum atomic E-state index is -0.286. The molecule has 0 saturated heterocycles. The SMILES string of the molecule is Cn1ccc(CNC(=O)Nc2cccc(N)c2)n1. The lowest BCUT2D eigenvalue weighted by molar-refractivity contribution is 0.251. The number of aromatic nitrogens is 2. The quantitative estimate of drug-likeness (QED) is 0.713. The number of nitrogens with one attached hydrogen (secondary N) is 2. The number of anilines is 2. The van der Waals surface area contributed by atoms with Gasteiger partial charge in [-0.1, -0.05) is 6.07 Å². The first kappa shape index (κ1) is 12.0. The number of hydrogen-bond donors (Lipinski definition) is 3. The number of nitrogen functional groups attached to an aromatic ring is 1. The number of benzene rings is 1. The maximum atomic E-state index is 11.6. The highest BCUT2D eigenvalue weighted by atomic mass is 16.2. The summed E-state index contributed by atoms with van der Waals surface area (Å²) in [5.41, 5.74) is 7.69. The van der Waals surface area contributed by atoms with E-state index in [4.69, 9.17) is 5.73 Å². The number of carbonyl (C=O) groups excluding carboxylic acids is 1. The zero-order valence-electron chi connectivity index (χ0n) is 10.1. The van der Waals surface area contributed by atoms with Crippen LogP contribution >= 0.6 is 0 Å². The number of hydrogen-bond acceptors (Lipinski definition) is 3. The lowest BCUT2D eigenvalue weighted by Gasteiger charge is -2.06. The Bertz CT molecular complexity index is 549. The van der Waals surface area contributed by atoms with E-state index in [1.165, 1.54) is 0 Å². The number of nitrogens with zero attached hydrogens (tertiary/aromatic N) is 2. The Hall–Kier alpha value is -2.50. The molecule has 0 aliphatic carbocycles. The Morgan fingerprint density at radius 3 is 2.94 bits per heavy atom. The van der Waals surface area contributed by atoms with Crippen molar-refractivity contribution >= 4 is 17.4 Å². The van der Waals surface area contributed by atoms with Gasteiger partial charge < -0.3 is 16.4 Å². The first-order valence-electron chi connectivity index (χ1n) is 5.52. The molecule has 0 fully saturated rings. The highest BCUT2D eigenvalue weighted by Gasteiger charge is 2.03. The zero-order chi connectivity index (χ0) is 13.0. The molecule has 1 aromatic carbocycles. The lowest BCUT2D eigenvalue weighted by atomic mass is 10.3. The summed E-state index contributed by atoms with van der Waals surface area (Å²) in [5.74, 6) is 0. The van der Waals surface area contributed by atoms with Crippen LogP contribution in [0.25, 0.3) is 0 Å². The van der Waals surface area contributed by atoms with Crippen LogP contribution in [-0.4, -0.2) is 15.8 Å². The van der Waals surface area contributed by atoms with E-state index >= 15 is 0 Å². The third-order valence-corrected chi connectivity index (χ3v) is 2.34. The van der Waals surface area contributed by atoms with Crippen LogP contribution in [-0.2, 0) is 13.6 Å². The van der Waals surface area contributed by atoms with Crippen LogP contribution in [0.5, 0.6) is 0 Å². The van der Waals surface area contributed by atoms with E-state index in [-0.39, 0.29) is 6.03 Å². The van der Waals surface area contributed by atoms with Crippen LogP contribution in [0, 0.1) is 0 Å². The second kappa shape index (κ2) is 5.22. The van der Waals surface area contributed by atoms with E-state index in [1.807, 2.05) is 19.3 Å². The van der Waals surface area contributed by atoms with Gasteiger partial charge in [-0.25, -0.2) is 4.79 Å². The Labute approximate surface area is 105 Å². The van der Waals surface area contributed by atoms with Crippen LogP contribution in [0.1, 0.15) is 5.69 Å². The van der Waals surface area contributed by atoms with Crippen molar-refractivity contribution in [2.24, 2.45) is 7.05 Å². The van der Waals surface area contributed by atoms with Crippen LogP contribution in [0.4, 0.5) is 16.2 Å². The molecule has 0 unspecified atom stereocenters. The third kappa shape index (κ3) is 3.24. The minimum absolute atomic E-state index is 0.286. The average molecular weight is 245 g/mol. The van der Waals surface area contributed by atoms with Gasteiger partial charge in [-0.15, -0.1) is 0 Å². The predicted octanol–water partition coefficient (Wildman–Crippen LogP) is 1.32. The Morgan fingerprint density at radius 1 is 1.44 bits per heavy atom. The van der Waals surface area contributed by atoms with E-state index in [0.29, 0.717) is 17.9 Å². The minimum Gasteiger partial charge on any atom is -0.399 e. The summed E-state index contributed by atoms with van der Waals surface area (Å²) in [5, 5.41) is 9.57. The molecule has 4 N–H and O–H groups in total. The second-order valence-corrected chi connectivity index (χ2v) is 3.91. The molecule has 1 heterocycles. The van der Waals surface area contributed by atoms with Crippen molar-refractivity contribution < 1.29 is 4.79 Å². The lowest BCUT2D eigenvalue weighted by Crippen LogP contribution is -2.28. The molecule has 1 aromatic heterocycles. The van der Waals surface area contributed by atoms with Gasteiger partial charge in [0.25, 0.3) is 0 Å². The molecule has 0 atom stereocenters. The number of urea groups is 1. The fourth-order valence-electron chi connectivity index (χ4n) is 1.52. The van der Waals surface area contributed by atoms with Gasteiger partial charge in [0.1, 0.15) is 0 Å². The molecular weight excluding hydrogens is 230 g/mol. The largest absolute Gasteiger partial charge is 0.399 e. The molecule has 0 bridgehead atoms. The normalized spacial score (nSPS) is 10.1. The van der Waals surface area contributed by atoms with E-state index < -0.39 is 0 Å². The number of aryl methyl sites for hydroxylation is 1. The standard InChI is InChI=1S/C12H15N5O/c1-17-6-5-11(16-17)8-14-12(18)15-10-4-2-3-9(13)7-10/h2-7H,8,13H2,1H3,(H2,14,15,18). The molecule has 6 heteroatoms. The van der Waals surface area contributed by atoms with Gasteiger partial charge in [0.05, 0.1) is 12.2 Å². The van der Waals surface area contributed by atoms with Crippen molar-refractivity contribution in [3.8, 4) is 0 Å². The van der Waals surface area contributed by atoms with Crippen molar-refractivity contribution in [3.05, 3.63) is 42.2 Å². The molecule has 0 aliphatic rings. The van der Waals surface area contributed by atoms with E-state index in [2.05, 4.69) is 15.7 Å². The molecular formula is C12H15N5O. The first-order chi connectivity index (χ1) is 8.63. The van der Waals surface area contributed by atoms with Crippen LogP contribution < -0.4 is 16.4 Å². The van der Waals surface area contributed by atoms with Gasteiger partial charge in [-0.3, -0.25) is 4.68 Å². The summed E-state index contributed by atoms with van der Waals surface area (Å²) >= 11 is 0. The molecule has 0 radical (unpaired) electrons. The maximum absolute atomic E-state index is 11.6. The summed E-state index contributed by atoms with van der Waals surface area (Å²) < 4.78 is 1.69. The monoisotopic (exact) mass is 245 g/mol. The van der Waals surface area contributed by atoms with E-state index in [0.717, 1.165) is 5.69 Å². The van der Waals surface area contributed by atoms with Gasteiger partial charge in [0, 0.05) is 24.6 Å². The highest BCUT2D eigenvalue weighted by Crippen LogP contribution is 2.11. The molecule has 0 saturated carbocycles. The zero-order valence-corrected chi connectivity index (χ0v) is 10.1. The smallest absolute Gasteiger partial charge is 0.319 e. The third-order valence-electron chi connectivity index (χ3n) is 2.34.